The third-order valence-electron chi connectivity index (χ3n) is 4.35. The number of benzene rings is 1. The smallest absolute Gasteiger partial charge is 0.227 e. The van der Waals surface area contributed by atoms with E-state index >= 15 is 0 Å². The van der Waals surface area contributed by atoms with Gasteiger partial charge in [0.05, 0.1) is 11.7 Å². The predicted molar refractivity (Wildman–Crippen MR) is 96.8 cm³/mol. The predicted octanol–water partition coefficient (Wildman–Crippen LogP) is 0.828. The van der Waals surface area contributed by atoms with Gasteiger partial charge in [0.2, 0.25) is 21.8 Å². The molecule has 8 heteroatoms. The summed E-state index contributed by atoms with van der Waals surface area (Å²) >= 11 is 0. The molecule has 1 aromatic rings. The summed E-state index contributed by atoms with van der Waals surface area (Å²) in [5.41, 5.74) is 1.97. The molecule has 0 spiro atoms. The third kappa shape index (κ3) is 5.02. The van der Waals surface area contributed by atoms with Crippen LogP contribution in [-0.2, 0) is 19.6 Å². The van der Waals surface area contributed by atoms with E-state index in [0.717, 1.165) is 5.69 Å². The molecule has 2 rings (SSSR count). The molecule has 2 N–H and O–H groups in total. The zero-order valence-electron chi connectivity index (χ0n) is 14.8. The van der Waals surface area contributed by atoms with E-state index in [-0.39, 0.29) is 30.5 Å². The minimum Gasteiger partial charge on any atom is -0.355 e. The fourth-order valence-corrected chi connectivity index (χ4v) is 3.30. The zero-order chi connectivity index (χ0) is 18.6. The van der Waals surface area contributed by atoms with Gasteiger partial charge in [-0.25, -0.2) is 13.1 Å². The molecule has 1 aromatic carbocycles. The van der Waals surface area contributed by atoms with Gasteiger partial charge in [-0.15, -0.1) is 0 Å². The number of nitrogens with one attached hydrogen (secondary N) is 2. The molecule has 1 heterocycles. The summed E-state index contributed by atoms with van der Waals surface area (Å²) < 4.78 is 24.9. The van der Waals surface area contributed by atoms with Crippen molar-refractivity contribution in [2.75, 3.05) is 30.8 Å². The molecule has 0 aliphatic carbocycles. The Morgan fingerprint density at radius 1 is 1.28 bits per heavy atom. The van der Waals surface area contributed by atoms with Gasteiger partial charge in [-0.05, 0) is 30.7 Å². The maximum absolute atomic E-state index is 12.2. The van der Waals surface area contributed by atoms with Crippen LogP contribution < -0.4 is 14.9 Å². The summed E-state index contributed by atoms with van der Waals surface area (Å²) in [7, 11) is -2.03. The second kappa shape index (κ2) is 7.97. The minimum absolute atomic E-state index is 0.0236. The lowest BCUT2D eigenvalue weighted by atomic mass is 10.0. The molecule has 2 amide bonds. The normalized spacial score (nSPS) is 18.0. The number of carbonyl (C=O) groups excluding carboxylic acids is 2. The Bertz CT molecular complexity index is 729. The summed E-state index contributed by atoms with van der Waals surface area (Å²) in [5.74, 6) is -0.623. The lowest BCUT2D eigenvalue weighted by Crippen LogP contribution is -2.37. The standard InChI is InChI=1S/C17H25N3O4S/c1-12(2)13-4-6-15(7-5-13)20-11-14(10-16(20)21)17(22)19-8-9-25(23,24)18-3/h4-7,12,14,18H,8-11H2,1-3H3,(H,19,22)/t14-/m1/s1. The number of nitrogens with zero attached hydrogens (tertiary/aromatic N) is 1. The topological polar surface area (TPSA) is 95.6 Å². The van der Waals surface area contributed by atoms with Crippen LogP contribution in [-0.4, -0.2) is 46.1 Å². The quantitative estimate of drug-likeness (QED) is 0.746. The van der Waals surface area contributed by atoms with Crippen molar-refractivity contribution in [2.24, 2.45) is 5.92 Å². The van der Waals surface area contributed by atoms with Crippen molar-refractivity contribution in [1.82, 2.24) is 10.0 Å². The Labute approximate surface area is 148 Å². The molecule has 0 radical (unpaired) electrons. The van der Waals surface area contributed by atoms with Gasteiger partial charge in [-0.1, -0.05) is 26.0 Å². The molecule has 1 aliphatic rings. The summed E-state index contributed by atoms with van der Waals surface area (Å²) in [4.78, 5) is 26.0. The van der Waals surface area contributed by atoms with Gasteiger partial charge in [0.25, 0.3) is 0 Å². The van der Waals surface area contributed by atoms with Gasteiger partial charge in [0, 0.05) is 25.2 Å². The van der Waals surface area contributed by atoms with Gasteiger partial charge in [0.15, 0.2) is 0 Å². The van der Waals surface area contributed by atoms with Gasteiger partial charge in [-0.3, -0.25) is 9.59 Å². The molecule has 0 saturated carbocycles. The van der Waals surface area contributed by atoms with Crippen molar-refractivity contribution in [3.05, 3.63) is 29.8 Å². The number of hydrogen-bond acceptors (Lipinski definition) is 4. The first-order valence-corrected chi connectivity index (χ1v) is 9.98. The van der Waals surface area contributed by atoms with Crippen LogP contribution in [0.4, 0.5) is 5.69 Å². The van der Waals surface area contributed by atoms with E-state index in [1.807, 2.05) is 24.3 Å². The Hall–Kier alpha value is -1.93. The van der Waals surface area contributed by atoms with Crippen LogP contribution in [0.3, 0.4) is 0 Å². The van der Waals surface area contributed by atoms with Crippen molar-refractivity contribution in [3.63, 3.8) is 0 Å². The van der Waals surface area contributed by atoms with E-state index in [1.54, 1.807) is 4.90 Å². The molecule has 1 fully saturated rings. The van der Waals surface area contributed by atoms with Crippen LogP contribution in [0.2, 0.25) is 0 Å². The highest BCUT2D eigenvalue weighted by Crippen LogP contribution is 2.26. The molecular formula is C17H25N3O4S. The van der Waals surface area contributed by atoms with Crippen molar-refractivity contribution >= 4 is 27.5 Å². The van der Waals surface area contributed by atoms with Gasteiger partial charge in [0.1, 0.15) is 0 Å². The SMILES string of the molecule is CNS(=O)(=O)CCNC(=O)[C@@H]1CC(=O)N(c2ccc(C(C)C)cc2)C1. The van der Waals surface area contributed by atoms with Crippen molar-refractivity contribution in [2.45, 2.75) is 26.2 Å². The van der Waals surface area contributed by atoms with Crippen molar-refractivity contribution in [3.8, 4) is 0 Å². The lowest BCUT2D eigenvalue weighted by molar-refractivity contribution is -0.126. The van der Waals surface area contributed by atoms with Crippen LogP contribution in [0, 0.1) is 5.92 Å². The lowest BCUT2D eigenvalue weighted by Gasteiger charge is -2.17. The van der Waals surface area contributed by atoms with E-state index in [2.05, 4.69) is 23.9 Å². The summed E-state index contributed by atoms with van der Waals surface area (Å²) in [6.45, 7) is 4.54. The van der Waals surface area contributed by atoms with Gasteiger partial charge >= 0.3 is 0 Å². The molecule has 0 unspecified atom stereocenters. The molecule has 1 atom stereocenters. The number of sulfonamides is 1. The van der Waals surface area contributed by atoms with Crippen LogP contribution in [0.5, 0.6) is 0 Å². The fraction of sp³-hybridized carbons (Fsp3) is 0.529. The van der Waals surface area contributed by atoms with Crippen molar-refractivity contribution in [1.29, 1.82) is 0 Å². The maximum atomic E-state index is 12.2. The highest BCUT2D eigenvalue weighted by molar-refractivity contribution is 7.89. The van der Waals surface area contributed by atoms with E-state index < -0.39 is 15.9 Å². The molecule has 1 aliphatic heterocycles. The summed E-state index contributed by atoms with van der Waals surface area (Å²) in [5, 5.41) is 2.59. The first-order chi connectivity index (χ1) is 11.7. The third-order valence-corrected chi connectivity index (χ3v) is 5.71. The Morgan fingerprint density at radius 2 is 1.92 bits per heavy atom. The highest BCUT2D eigenvalue weighted by atomic mass is 32.2. The number of rotatable bonds is 7. The largest absolute Gasteiger partial charge is 0.355 e. The monoisotopic (exact) mass is 367 g/mol. The number of anilines is 1. The highest BCUT2D eigenvalue weighted by Gasteiger charge is 2.35. The Kier molecular flexibility index (Phi) is 6.18. The van der Waals surface area contributed by atoms with Gasteiger partial charge in [-0.2, -0.15) is 0 Å². The summed E-state index contributed by atoms with van der Waals surface area (Å²) in [6, 6.07) is 7.77. The molecule has 0 bridgehead atoms. The van der Waals surface area contributed by atoms with E-state index in [1.165, 1.54) is 12.6 Å². The van der Waals surface area contributed by atoms with Crippen LogP contribution in [0.1, 0.15) is 31.7 Å². The molecule has 25 heavy (non-hydrogen) atoms. The Morgan fingerprint density at radius 3 is 2.48 bits per heavy atom. The zero-order valence-corrected chi connectivity index (χ0v) is 15.6. The van der Waals surface area contributed by atoms with Gasteiger partial charge < -0.3 is 10.2 Å². The fourth-order valence-electron chi connectivity index (χ4n) is 2.73. The maximum Gasteiger partial charge on any atom is 0.227 e. The average Bonchev–Trinajstić information content (AvgIpc) is 2.96. The van der Waals surface area contributed by atoms with E-state index in [4.69, 9.17) is 0 Å². The Balaban J connectivity index is 1.94. The average molecular weight is 367 g/mol. The first kappa shape index (κ1) is 19.4. The number of carbonyl (C=O) groups is 2. The molecule has 7 nitrogen and oxygen atoms in total. The van der Waals surface area contributed by atoms with Crippen molar-refractivity contribution < 1.29 is 18.0 Å². The first-order valence-electron chi connectivity index (χ1n) is 8.32. The van der Waals surface area contributed by atoms with E-state index in [9.17, 15) is 18.0 Å². The van der Waals surface area contributed by atoms with Crippen LogP contribution in [0.25, 0.3) is 0 Å². The molecule has 1 saturated heterocycles. The van der Waals surface area contributed by atoms with Crippen LogP contribution >= 0.6 is 0 Å². The summed E-state index contributed by atoms with van der Waals surface area (Å²) in [6.07, 6.45) is 0.135. The molecule has 0 aromatic heterocycles. The van der Waals surface area contributed by atoms with E-state index in [0.29, 0.717) is 12.5 Å². The number of hydrogen-bond donors (Lipinski definition) is 2. The molecular weight excluding hydrogens is 342 g/mol. The minimum atomic E-state index is -3.36. The molecule has 138 valence electrons. The second-order valence-corrected chi connectivity index (χ2v) is 8.51. The number of amides is 2. The van der Waals surface area contributed by atoms with Crippen LogP contribution in [0.15, 0.2) is 24.3 Å². The second-order valence-electron chi connectivity index (χ2n) is 6.47.